The molecule has 0 saturated heterocycles. The first-order valence-corrected chi connectivity index (χ1v) is 36.1. The van der Waals surface area contributed by atoms with Crippen LogP contribution in [0.15, 0.2) is 24.3 Å². The summed E-state index contributed by atoms with van der Waals surface area (Å²) >= 11 is 0. The highest BCUT2D eigenvalue weighted by atomic mass is 16.5. The predicted molar refractivity (Wildman–Crippen MR) is 347 cm³/mol. The van der Waals surface area contributed by atoms with Gasteiger partial charge in [0.2, 0.25) is 5.91 Å². The number of nitrogens with one attached hydrogen (secondary N) is 1. The summed E-state index contributed by atoms with van der Waals surface area (Å²) in [7, 11) is 0. The van der Waals surface area contributed by atoms with Crippen LogP contribution >= 0.6 is 0 Å². The number of carbonyl (C=O) groups excluding carboxylic acids is 2. The molecule has 2 unspecified atom stereocenters. The summed E-state index contributed by atoms with van der Waals surface area (Å²) in [5.41, 5.74) is 0. The normalized spacial score (nSPS) is 12.6. The molecule has 0 aliphatic rings. The van der Waals surface area contributed by atoms with E-state index in [0.717, 1.165) is 44.9 Å². The van der Waals surface area contributed by atoms with Gasteiger partial charge in [-0.05, 0) is 77.0 Å². The molecule has 468 valence electrons. The Bertz CT molecular complexity index is 1230. The van der Waals surface area contributed by atoms with Crippen LogP contribution in [0.25, 0.3) is 0 Å². The van der Waals surface area contributed by atoms with Crippen molar-refractivity contribution in [2.45, 2.75) is 418 Å². The molecule has 0 aliphatic carbocycles. The number of allylic oxidation sites excluding steroid dienone is 4. The van der Waals surface area contributed by atoms with Crippen LogP contribution in [0.3, 0.4) is 0 Å². The van der Waals surface area contributed by atoms with Crippen molar-refractivity contribution in [1.82, 2.24) is 5.32 Å². The topological polar surface area (TPSA) is 95.9 Å². The van der Waals surface area contributed by atoms with Crippen molar-refractivity contribution in [3.8, 4) is 0 Å². The Labute approximate surface area is 494 Å². The van der Waals surface area contributed by atoms with Gasteiger partial charge < -0.3 is 20.3 Å². The van der Waals surface area contributed by atoms with Crippen molar-refractivity contribution in [2.75, 3.05) is 13.2 Å². The summed E-state index contributed by atoms with van der Waals surface area (Å²) in [6.07, 6.45) is 86.6. The van der Waals surface area contributed by atoms with Gasteiger partial charge in [-0.1, -0.05) is 340 Å². The number of aliphatic hydroxyl groups is 2. The summed E-state index contributed by atoms with van der Waals surface area (Å²) in [5, 5.41) is 23.4. The molecule has 0 bridgehead atoms. The van der Waals surface area contributed by atoms with Gasteiger partial charge in [0.25, 0.3) is 0 Å². The zero-order chi connectivity index (χ0) is 57.1. The first-order valence-electron chi connectivity index (χ1n) is 36.1. The quantitative estimate of drug-likeness (QED) is 0.0320. The second-order valence-corrected chi connectivity index (χ2v) is 24.9. The second kappa shape index (κ2) is 68.8. The zero-order valence-electron chi connectivity index (χ0n) is 53.6. The Morgan fingerprint density at radius 3 is 0.911 bits per heavy atom. The van der Waals surface area contributed by atoms with Crippen LogP contribution in [0.4, 0.5) is 0 Å². The van der Waals surface area contributed by atoms with E-state index in [1.165, 1.54) is 327 Å². The molecule has 0 fully saturated rings. The van der Waals surface area contributed by atoms with Gasteiger partial charge in [-0.25, -0.2) is 0 Å². The molecule has 0 radical (unpaired) electrons. The lowest BCUT2D eigenvalue weighted by molar-refractivity contribution is -0.143. The monoisotopic (exact) mass is 1110 g/mol. The lowest BCUT2D eigenvalue weighted by Gasteiger charge is -2.22. The molecule has 6 heteroatoms. The fourth-order valence-corrected chi connectivity index (χ4v) is 11.5. The molecular weight excluding hydrogens is 971 g/mol. The Balaban J connectivity index is 3.39. The minimum atomic E-state index is -0.667. The van der Waals surface area contributed by atoms with Gasteiger partial charge in [-0.15, -0.1) is 0 Å². The summed E-state index contributed by atoms with van der Waals surface area (Å²) in [4.78, 5) is 24.6. The highest BCUT2D eigenvalue weighted by Gasteiger charge is 2.20. The number of esters is 1. The number of carbonyl (C=O) groups is 2. The molecule has 0 aromatic rings. The fourth-order valence-electron chi connectivity index (χ4n) is 11.5. The smallest absolute Gasteiger partial charge is 0.305 e. The number of amides is 1. The average molecular weight is 1110 g/mol. The van der Waals surface area contributed by atoms with Crippen LogP contribution in [0.5, 0.6) is 0 Å². The van der Waals surface area contributed by atoms with E-state index >= 15 is 0 Å². The molecule has 1 amide bonds. The van der Waals surface area contributed by atoms with Gasteiger partial charge in [0.1, 0.15) is 0 Å². The van der Waals surface area contributed by atoms with E-state index in [1.807, 2.05) is 0 Å². The van der Waals surface area contributed by atoms with Crippen LogP contribution in [-0.4, -0.2) is 47.4 Å². The number of rotatable bonds is 68. The molecular formula is C73H141NO5. The maximum atomic E-state index is 12.6. The van der Waals surface area contributed by atoms with Crippen molar-refractivity contribution in [3.05, 3.63) is 24.3 Å². The highest BCUT2D eigenvalue weighted by Crippen LogP contribution is 2.19. The minimum absolute atomic E-state index is 0.00588. The molecule has 0 spiro atoms. The van der Waals surface area contributed by atoms with Crippen LogP contribution in [0, 0.1) is 0 Å². The molecule has 0 aromatic heterocycles. The van der Waals surface area contributed by atoms with Crippen molar-refractivity contribution < 1.29 is 24.5 Å². The number of ether oxygens (including phenoxy) is 1. The minimum Gasteiger partial charge on any atom is -0.466 e. The van der Waals surface area contributed by atoms with E-state index in [9.17, 15) is 19.8 Å². The molecule has 0 aromatic carbocycles. The summed E-state index contributed by atoms with van der Waals surface area (Å²) < 4.78 is 5.48. The molecule has 79 heavy (non-hydrogen) atoms. The molecule has 0 rings (SSSR count). The number of hydrogen-bond donors (Lipinski definition) is 3. The fraction of sp³-hybridized carbons (Fsp3) is 0.918. The summed E-state index contributed by atoms with van der Waals surface area (Å²) in [6.45, 7) is 4.97. The standard InChI is InChI=1S/C73H141NO5/c1-3-5-7-9-11-13-15-17-18-19-20-21-26-29-32-35-38-42-45-49-53-57-61-65-71(76)70(69-75)74-72(77)66-62-58-54-50-46-43-39-36-33-30-27-24-22-23-25-28-31-34-37-40-44-48-52-56-60-64-68-79-73(78)67-63-59-55-51-47-41-16-14-12-10-8-6-4-2/h14,16,22,24,70-71,75-76H,3-13,15,17-21,23,25-69H2,1-2H3,(H,74,77)/b16-14-,24-22-. The van der Waals surface area contributed by atoms with Gasteiger partial charge in [0, 0.05) is 12.8 Å². The molecule has 2 atom stereocenters. The molecule has 0 aliphatic heterocycles. The van der Waals surface area contributed by atoms with Gasteiger partial charge in [0.15, 0.2) is 0 Å². The Morgan fingerprint density at radius 1 is 0.342 bits per heavy atom. The summed E-state index contributed by atoms with van der Waals surface area (Å²) in [5.74, 6) is -0.0262. The van der Waals surface area contributed by atoms with E-state index in [-0.39, 0.29) is 18.5 Å². The van der Waals surface area contributed by atoms with Crippen molar-refractivity contribution >= 4 is 11.9 Å². The van der Waals surface area contributed by atoms with E-state index in [0.29, 0.717) is 25.9 Å². The van der Waals surface area contributed by atoms with E-state index in [4.69, 9.17) is 4.74 Å². The van der Waals surface area contributed by atoms with Crippen LogP contribution in [0.2, 0.25) is 0 Å². The number of aliphatic hydroxyl groups excluding tert-OH is 2. The van der Waals surface area contributed by atoms with Crippen molar-refractivity contribution in [2.24, 2.45) is 0 Å². The Hall–Kier alpha value is -1.66. The van der Waals surface area contributed by atoms with Gasteiger partial charge in [-0.3, -0.25) is 9.59 Å². The Morgan fingerprint density at radius 2 is 0.595 bits per heavy atom. The Kier molecular flexibility index (Phi) is 67.4. The van der Waals surface area contributed by atoms with Crippen LogP contribution < -0.4 is 5.32 Å². The lowest BCUT2D eigenvalue weighted by Crippen LogP contribution is -2.45. The largest absolute Gasteiger partial charge is 0.466 e. The molecule has 0 heterocycles. The molecule has 0 saturated carbocycles. The average Bonchev–Trinajstić information content (AvgIpc) is 3.45. The third kappa shape index (κ3) is 65.4. The lowest BCUT2D eigenvalue weighted by atomic mass is 10.0. The van der Waals surface area contributed by atoms with Crippen LogP contribution in [-0.2, 0) is 14.3 Å². The summed E-state index contributed by atoms with van der Waals surface area (Å²) in [6, 6.07) is -0.544. The van der Waals surface area contributed by atoms with Crippen molar-refractivity contribution in [3.63, 3.8) is 0 Å². The maximum Gasteiger partial charge on any atom is 0.305 e. The van der Waals surface area contributed by atoms with Crippen molar-refractivity contribution in [1.29, 1.82) is 0 Å². The highest BCUT2D eigenvalue weighted by molar-refractivity contribution is 5.76. The number of unbranched alkanes of at least 4 members (excludes halogenated alkanes) is 53. The zero-order valence-corrected chi connectivity index (χ0v) is 53.6. The first kappa shape index (κ1) is 77.3. The van der Waals surface area contributed by atoms with E-state index < -0.39 is 12.1 Å². The SMILES string of the molecule is CCCCCC/C=C\CCCCCCCC(=O)OCCCCCCCCCCCCCC/C=C\CCCCCCCCCCCCC(=O)NC(CO)C(O)CCCCCCCCCCCCCCCCCCCCCCCCC. The van der Waals surface area contributed by atoms with E-state index in [2.05, 4.69) is 43.5 Å². The maximum absolute atomic E-state index is 12.6. The third-order valence-corrected chi connectivity index (χ3v) is 17.0. The van der Waals surface area contributed by atoms with Crippen LogP contribution in [0.1, 0.15) is 406 Å². The second-order valence-electron chi connectivity index (χ2n) is 24.9. The van der Waals surface area contributed by atoms with Gasteiger partial charge >= 0.3 is 5.97 Å². The first-order chi connectivity index (χ1) is 39.0. The third-order valence-electron chi connectivity index (χ3n) is 17.0. The molecule has 3 N–H and O–H groups in total. The molecule has 6 nitrogen and oxygen atoms in total. The number of hydrogen-bond acceptors (Lipinski definition) is 5. The predicted octanol–water partition coefficient (Wildman–Crippen LogP) is 23.3. The van der Waals surface area contributed by atoms with E-state index in [1.54, 1.807) is 0 Å². The van der Waals surface area contributed by atoms with Gasteiger partial charge in [0.05, 0.1) is 25.4 Å². The van der Waals surface area contributed by atoms with Gasteiger partial charge in [-0.2, -0.15) is 0 Å².